The minimum atomic E-state index is -4.53. The lowest BCUT2D eigenvalue weighted by molar-refractivity contribution is -0.138. The molecule has 0 radical (unpaired) electrons. The van der Waals surface area contributed by atoms with Gasteiger partial charge in [0.25, 0.3) is 11.8 Å². The van der Waals surface area contributed by atoms with Crippen molar-refractivity contribution in [3.05, 3.63) is 89.0 Å². The fourth-order valence-corrected chi connectivity index (χ4v) is 5.53. The molecule has 0 bridgehead atoms. The monoisotopic (exact) mass is 524 g/mol. The number of hydrogen-bond donors (Lipinski definition) is 1. The third kappa shape index (κ3) is 4.68. The summed E-state index contributed by atoms with van der Waals surface area (Å²) in [5.74, 6) is -0.0485. The first-order valence-corrected chi connectivity index (χ1v) is 12.4. The van der Waals surface area contributed by atoms with Gasteiger partial charge in [-0.1, -0.05) is 24.3 Å². The number of phenols is 1. The number of phenolic OH excluding ortho intramolecular Hbond substituents is 1. The molecular weight excluding hydrogens is 497 g/mol. The number of piperidine rings is 1. The molecule has 0 saturated carbocycles. The number of likely N-dealkylation sites (tertiary alicyclic amines) is 1. The van der Waals surface area contributed by atoms with Crippen LogP contribution in [-0.4, -0.2) is 48.1 Å². The quantitative estimate of drug-likeness (QED) is 0.502. The molecular formula is C29H27F3N2O4. The van der Waals surface area contributed by atoms with Crippen molar-refractivity contribution in [2.24, 2.45) is 0 Å². The van der Waals surface area contributed by atoms with Crippen molar-refractivity contribution < 1.29 is 32.6 Å². The van der Waals surface area contributed by atoms with Gasteiger partial charge < -0.3 is 19.6 Å². The number of fused-ring (bicyclic) bond motifs is 2. The number of hydrogen-bond acceptors (Lipinski definition) is 4. The second kappa shape index (κ2) is 9.70. The van der Waals surface area contributed by atoms with E-state index >= 15 is 0 Å². The second-order valence-corrected chi connectivity index (χ2v) is 9.83. The van der Waals surface area contributed by atoms with Crippen LogP contribution in [0.4, 0.5) is 18.9 Å². The first-order valence-electron chi connectivity index (χ1n) is 12.4. The number of carbonyl (C=O) groups excluding carboxylic acids is 2. The van der Waals surface area contributed by atoms with Crippen molar-refractivity contribution in [1.29, 1.82) is 0 Å². The number of anilines is 1. The molecule has 1 N–H and O–H groups in total. The standard InChI is InChI=1S/C29H27F3N2O4/c1-19-22(5-4-7-23(19)29(30,31)32)27(37)33-15-13-28(14-16-33)18-34(25-8-3-2-6-24(25)28)26(36)17-38-21-11-9-20(35)10-12-21/h2-12,35H,13-18H2,1H3. The lowest BCUT2D eigenvalue weighted by Crippen LogP contribution is -2.48. The van der Waals surface area contributed by atoms with E-state index in [2.05, 4.69) is 0 Å². The summed E-state index contributed by atoms with van der Waals surface area (Å²) in [5.41, 5.74) is 0.670. The van der Waals surface area contributed by atoms with Gasteiger partial charge in [-0.2, -0.15) is 13.2 Å². The number of alkyl halides is 3. The van der Waals surface area contributed by atoms with Crippen LogP contribution < -0.4 is 9.64 Å². The van der Waals surface area contributed by atoms with E-state index in [4.69, 9.17) is 4.74 Å². The molecule has 3 aromatic carbocycles. The van der Waals surface area contributed by atoms with Gasteiger partial charge in [-0.15, -0.1) is 0 Å². The van der Waals surface area contributed by atoms with Crippen molar-refractivity contribution in [3.63, 3.8) is 0 Å². The summed E-state index contributed by atoms with van der Waals surface area (Å²) in [6, 6.07) is 17.5. The predicted molar refractivity (Wildman–Crippen MR) is 135 cm³/mol. The fourth-order valence-electron chi connectivity index (χ4n) is 5.53. The minimum Gasteiger partial charge on any atom is -0.508 e. The van der Waals surface area contributed by atoms with Crippen LogP contribution in [0.3, 0.4) is 0 Å². The van der Waals surface area contributed by atoms with Crippen molar-refractivity contribution in [2.75, 3.05) is 31.1 Å². The summed E-state index contributed by atoms with van der Waals surface area (Å²) in [7, 11) is 0. The number of carbonyl (C=O) groups is 2. The Morgan fingerprint density at radius 2 is 1.66 bits per heavy atom. The zero-order chi connectivity index (χ0) is 27.1. The van der Waals surface area contributed by atoms with Crippen LogP contribution in [0, 0.1) is 6.92 Å². The average Bonchev–Trinajstić information content (AvgIpc) is 3.22. The smallest absolute Gasteiger partial charge is 0.416 e. The average molecular weight is 525 g/mol. The predicted octanol–water partition coefficient (Wildman–Crippen LogP) is 5.32. The Balaban J connectivity index is 1.30. The van der Waals surface area contributed by atoms with Gasteiger partial charge in [0.15, 0.2) is 6.61 Å². The summed E-state index contributed by atoms with van der Waals surface area (Å²) in [6.07, 6.45) is -3.37. The molecule has 0 unspecified atom stereocenters. The maximum atomic E-state index is 13.4. The van der Waals surface area contributed by atoms with Crippen molar-refractivity contribution >= 4 is 17.5 Å². The molecule has 2 heterocycles. The van der Waals surface area contributed by atoms with Gasteiger partial charge in [-0.25, -0.2) is 0 Å². The number of para-hydroxylation sites is 1. The Labute approximate surface area is 218 Å². The van der Waals surface area contributed by atoms with Gasteiger partial charge in [-0.05, 0) is 73.4 Å². The van der Waals surface area contributed by atoms with E-state index in [1.807, 2.05) is 24.3 Å². The number of nitrogens with zero attached hydrogens (tertiary/aromatic N) is 2. The molecule has 2 aliphatic heterocycles. The van der Waals surface area contributed by atoms with E-state index in [9.17, 15) is 27.9 Å². The molecule has 2 amide bonds. The fraction of sp³-hybridized carbons (Fsp3) is 0.310. The van der Waals surface area contributed by atoms with Gasteiger partial charge >= 0.3 is 6.18 Å². The zero-order valence-electron chi connectivity index (χ0n) is 20.8. The Kier molecular flexibility index (Phi) is 6.54. The molecule has 2 aliphatic rings. The highest BCUT2D eigenvalue weighted by Gasteiger charge is 2.47. The first kappa shape index (κ1) is 25.6. The van der Waals surface area contributed by atoms with Crippen LogP contribution in [0.1, 0.15) is 39.9 Å². The van der Waals surface area contributed by atoms with Crippen molar-refractivity contribution in [1.82, 2.24) is 4.90 Å². The first-order chi connectivity index (χ1) is 18.1. The third-order valence-electron chi connectivity index (χ3n) is 7.60. The number of ether oxygens (including phenoxy) is 1. The van der Waals surface area contributed by atoms with Crippen LogP contribution in [-0.2, 0) is 16.4 Å². The van der Waals surface area contributed by atoms with Gasteiger partial charge in [0.2, 0.25) is 0 Å². The highest BCUT2D eigenvalue weighted by Crippen LogP contribution is 2.47. The molecule has 6 nitrogen and oxygen atoms in total. The summed E-state index contributed by atoms with van der Waals surface area (Å²) < 4.78 is 45.7. The number of amides is 2. The van der Waals surface area contributed by atoms with Crippen LogP contribution >= 0.6 is 0 Å². The number of aromatic hydroxyl groups is 1. The van der Waals surface area contributed by atoms with Gasteiger partial charge in [0.05, 0.1) is 5.56 Å². The van der Waals surface area contributed by atoms with E-state index in [0.29, 0.717) is 38.2 Å². The molecule has 0 aliphatic carbocycles. The Morgan fingerprint density at radius 1 is 0.974 bits per heavy atom. The lowest BCUT2D eigenvalue weighted by Gasteiger charge is -2.40. The van der Waals surface area contributed by atoms with E-state index in [-0.39, 0.29) is 34.8 Å². The molecule has 1 fully saturated rings. The maximum Gasteiger partial charge on any atom is 0.416 e. The topological polar surface area (TPSA) is 70.1 Å². The maximum absolute atomic E-state index is 13.4. The Hall–Kier alpha value is -4.01. The largest absolute Gasteiger partial charge is 0.508 e. The number of halogens is 3. The second-order valence-electron chi connectivity index (χ2n) is 9.83. The summed E-state index contributed by atoms with van der Waals surface area (Å²) >= 11 is 0. The van der Waals surface area contributed by atoms with Gasteiger partial charge in [-0.3, -0.25) is 9.59 Å². The summed E-state index contributed by atoms with van der Waals surface area (Å²) in [4.78, 5) is 29.7. The summed E-state index contributed by atoms with van der Waals surface area (Å²) in [5, 5.41) is 9.43. The van der Waals surface area contributed by atoms with E-state index in [0.717, 1.165) is 17.3 Å². The third-order valence-corrected chi connectivity index (χ3v) is 7.60. The highest BCUT2D eigenvalue weighted by atomic mass is 19.4. The highest BCUT2D eigenvalue weighted by molar-refractivity contribution is 5.98. The molecule has 3 aromatic rings. The molecule has 1 spiro atoms. The molecule has 198 valence electrons. The SMILES string of the molecule is Cc1c(C(=O)N2CCC3(CC2)CN(C(=O)COc2ccc(O)cc2)c2ccccc23)cccc1C(F)(F)F. The van der Waals surface area contributed by atoms with E-state index in [1.165, 1.54) is 31.2 Å². The van der Waals surface area contributed by atoms with Crippen LogP contribution in [0.2, 0.25) is 0 Å². The number of rotatable bonds is 4. The van der Waals surface area contributed by atoms with E-state index in [1.54, 1.807) is 21.9 Å². The van der Waals surface area contributed by atoms with Gasteiger partial charge in [0, 0.05) is 36.3 Å². The molecule has 9 heteroatoms. The van der Waals surface area contributed by atoms with Crippen LogP contribution in [0.15, 0.2) is 66.7 Å². The van der Waals surface area contributed by atoms with Crippen molar-refractivity contribution in [3.8, 4) is 11.5 Å². The lowest BCUT2D eigenvalue weighted by atomic mass is 9.74. The summed E-state index contributed by atoms with van der Waals surface area (Å²) in [6.45, 7) is 2.34. The Bertz CT molecular complexity index is 1360. The minimum absolute atomic E-state index is 0.0609. The molecule has 0 atom stereocenters. The van der Waals surface area contributed by atoms with E-state index < -0.39 is 17.6 Å². The normalized spacial score (nSPS) is 16.4. The molecule has 5 rings (SSSR count). The van der Waals surface area contributed by atoms with Crippen molar-refractivity contribution in [2.45, 2.75) is 31.4 Å². The molecule has 0 aromatic heterocycles. The zero-order valence-corrected chi connectivity index (χ0v) is 20.8. The number of benzene rings is 3. The Morgan fingerprint density at radius 3 is 2.34 bits per heavy atom. The molecule has 38 heavy (non-hydrogen) atoms. The molecule has 1 saturated heterocycles. The van der Waals surface area contributed by atoms with Crippen LogP contribution in [0.25, 0.3) is 0 Å². The van der Waals surface area contributed by atoms with Gasteiger partial charge in [0.1, 0.15) is 11.5 Å². The van der Waals surface area contributed by atoms with Crippen LogP contribution in [0.5, 0.6) is 11.5 Å².